The first-order chi connectivity index (χ1) is 8.08. The van der Waals surface area contributed by atoms with Gasteiger partial charge in [-0.05, 0) is 43.0 Å². The molecule has 1 heterocycles. The van der Waals surface area contributed by atoms with Gasteiger partial charge in [-0.15, -0.1) is 0 Å². The van der Waals surface area contributed by atoms with E-state index in [1.54, 1.807) is 0 Å². The molecule has 1 aromatic carbocycles. The summed E-state index contributed by atoms with van der Waals surface area (Å²) in [6, 6.07) is 3.11. The van der Waals surface area contributed by atoms with E-state index in [9.17, 15) is 13.6 Å². The summed E-state index contributed by atoms with van der Waals surface area (Å²) in [5, 5.41) is 11.8. The van der Waals surface area contributed by atoms with Crippen LogP contribution in [0.5, 0.6) is 0 Å². The zero-order chi connectivity index (χ0) is 12.4. The Morgan fingerprint density at radius 3 is 2.82 bits per heavy atom. The number of carbonyl (C=O) groups is 1. The average molecular weight is 241 g/mol. The fourth-order valence-corrected chi connectivity index (χ4v) is 2.24. The van der Waals surface area contributed by atoms with Crippen LogP contribution in [0.3, 0.4) is 0 Å². The number of carboxylic acids is 1. The normalized spacial score (nSPS) is 23.9. The molecule has 1 aromatic rings. The molecule has 1 fully saturated rings. The molecule has 0 spiro atoms. The fourth-order valence-electron chi connectivity index (χ4n) is 2.24. The van der Waals surface area contributed by atoms with E-state index < -0.39 is 23.6 Å². The van der Waals surface area contributed by atoms with Gasteiger partial charge < -0.3 is 10.4 Å². The molecule has 1 saturated heterocycles. The van der Waals surface area contributed by atoms with Crippen LogP contribution in [-0.2, 0) is 11.2 Å². The fraction of sp³-hybridized carbons (Fsp3) is 0.417. The Bertz CT molecular complexity index is 437. The number of hydrogen-bond acceptors (Lipinski definition) is 2. The molecule has 2 rings (SSSR count). The quantitative estimate of drug-likeness (QED) is 0.844. The maximum atomic E-state index is 13.0. The van der Waals surface area contributed by atoms with Gasteiger partial charge in [-0.1, -0.05) is 6.07 Å². The highest BCUT2D eigenvalue weighted by molar-refractivity contribution is 5.74. The Morgan fingerprint density at radius 1 is 1.41 bits per heavy atom. The molecule has 1 unspecified atom stereocenters. The molecule has 92 valence electrons. The van der Waals surface area contributed by atoms with Crippen LogP contribution in [0.1, 0.15) is 12.0 Å². The van der Waals surface area contributed by atoms with Crippen molar-refractivity contribution in [1.29, 1.82) is 0 Å². The van der Waals surface area contributed by atoms with Gasteiger partial charge in [-0.25, -0.2) is 8.78 Å². The summed E-state index contributed by atoms with van der Waals surface area (Å²) in [5.74, 6) is -2.74. The first-order valence-corrected chi connectivity index (χ1v) is 5.48. The van der Waals surface area contributed by atoms with Crippen LogP contribution in [0.2, 0.25) is 0 Å². The van der Waals surface area contributed by atoms with Crippen LogP contribution in [0.4, 0.5) is 8.78 Å². The maximum Gasteiger partial charge on any atom is 0.320 e. The zero-order valence-corrected chi connectivity index (χ0v) is 9.12. The van der Waals surface area contributed by atoms with Crippen LogP contribution in [0, 0.1) is 17.6 Å². The minimum absolute atomic E-state index is 0.0719. The molecule has 17 heavy (non-hydrogen) atoms. The summed E-state index contributed by atoms with van der Waals surface area (Å²) in [4.78, 5) is 10.9. The predicted molar refractivity (Wildman–Crippen MR) is 57.6 cm³/mol. The lowest BCUT2D eigenvalue weighted by molar-refractivity contribution is -0.140. The SMILES string of the molecule is O=C(O)[C@H]1NCCC1Cc1ccc(F)c(F)c1. The lowest BCUT2D eigenvalue weighted by Crippen LogP contribution is -2.36. The van der Waals surface area contributed by atoms with Crippen molar-refractivity contribution in [3.05, 3.63) is 35.4 Å². The number of hydrogen-bond donors (Lipinski definition) is 2. The number of halogens is 2. The van der Waals surface area contributed by atoms with Gasteiger partial charge in [0.15, 0.2) is 11.6 Å². The zero-order valence-electron chi connectivity index (χ0n) is 9.12. The topological polar surface area (TPSA) is 49.3 Å². The predicted octanol–water partition coefficient (Wildman–Crippen LogP) is 1.57. The second kappa shape index (κ2) is 4.79. The van der Waals surface area contributed by atoms with E-state index in [0.717, 1.165) is 18.6 Å². The van der Waals surface area contributed by atoms with Gasteiger partial charge in [0.25, 0.3) is 0 Å². The van der Waals surface area contributed by atoms with Gasteiger partial charge in [-0.3, -0.25) is 4.79 Å². The first-order valence-electron chi connectivity index (χ1n) is 5.48. The molecule has 0 radical (unpaired) electrons. The largest absolute Gasteiger partial charge is 0.480 e. The number of benzene rings is 1. The van der Waals surface area contributed by atoms with Gasteiger partial charge in [0.05, 0.1) is 0 Å². The number of carboxylic acid groups (broad SMARTS) is 1. The molecule has 2 atom stereocenters. The van der Waals surface area contributed by atoms with Crippen molar-refractivity contribution >= 4 is 5.97 Å². The van der Waals surface area contributed by atoms with Crippen LogP contribution in [0.25, 0.3) is 0 Å². The van der Waals surface area contributed by atoms with E-state index in [0.29, 0.717) is 18.5 Å². The second-order valence-electron chi connectivity index (χ2n) is 4.27. The van der Waals surface area contributed by atoms with Crippen LogP contribution in [0.15, 0.2) is 18.2 Å². The van der Waals surface area contributed by atoms with E-state index in [1.165, 1.54) is 6.07 Å². The molecular weight excluding hydrogens is 228 g/mol. The Hall–Kier alpha value is -1.49. The Labute approximate surface area is 97.5 Å². The minimum atomic E-state index is -0.893. The lowest BCUT2D eigenvalue weighted by atomic mass is 9.92. The van der Waals surface area contributed by atoms with Crippen molar-refractivity contribution in [3.63, 3.8) is 0 Å². The summed E-state index contributed by atoms with van der Waals surface area (Å²) >= 11 is 0. The smallest absolute Gasteiger partial charge is 0.320 e. The average Bonchev–Trinajstić information content (AvgIpc) is 2.72. The maximum absolute atomic E-state index is 13.0. The van der Waals surface area contributed by atoms with Crippen molar-refractivity contribution in [1.82, 2.24) is 5.32 Å². The molecule has 0 saturated carbocycles. The highest BCUT2D eigenvalue weighted by Gasteiger charge is 2.32. The molecule has 0 amide bonds. The second-order valence-corrected chi connectivity index (χ2v) is 4.27. The molecule has 5 heteroatoms. The minimum Gasteiger partial charge on any atom is -0.480 e. The summed E-state index contributed by atoms with van der Waals surface area (Å²) < 4.78 is 25.7. The Balaban J connectivity index is 2.09. The first kappa shape index (κ1) is 12.0. The molecule has 2 N–H and O–H groups in total. The van der Waals surface area contributed by atoms with Crippen molar-refractivity contribution in [2.24, 2.45) is 5.92 Å². The molecule has 0 bridgehead atoms. The summed E-state index contributed by atoms with van der Waals surface area (Å²) in [6.45, 7) is 0.644. The van der Waals surface area contributed by atoms with Gasteiger partial charge in [0, 0.05) is 0 Å². The van der Waals surface area contributed by atoms with Crippen molar-refractivity contribution in [3.8, 4) is 0 Å². The third kappa shape index (κ3) is 2.61. The van der Waals surface area contributed by atoms with Crippen LogP contribution >= 0.6 is 0 Å². The van der Waals surface area contributed by atoms with Crippen LogP contribution in [-0.4, -0.2) is 23.7 Å². The number of nitrogens with one attached hydrogen (secondary N) is 1. The summed E-state index contributed by atoms with van der Waals surface area (Å²) in [6.07, 6.45) is 1.18. The molecule has 1 aliphatic heterocycles. The van der Waals surface area contributed by atoms with Gasteiger partial charge in [0.2, 0.25) is 0 Å². The molecular formula is C12H13F2NO2. The van der Waals surface area contributed by atoms with E-state index in [4.69, 9.17) is 5.11 Å². The molecule has 3 nitrogen and oxygen atoms in total. The van der Waals surface area contributed by atoms with Gasteiger partial charge in [-0.2, -0.15) is 0 Å². The van der Waals surface area contributed by atoms with Crippen molar-refractivity contribution < 1.29 is 18.7 Å². The highest BCUT2D eigenvalue weighted by atomic mass is 19.2. The monoisotopic (exact) mass is 241 g/mol. The molecule has 0 aliphatic carbocycles. The standard InChI is InChI=1S/C12H13F2NO2/c13-9-2-1-7(6-10(9)14)5-8-3-4-15-11(8)12(16)17/h1-2,6,8,11,15H,3-5H2,(H,16,17)/t8?,11-/m0/s1. The summed E-state index contributed by atoms with van der Waals surface area (Å²) in [7, 11) is 0. The third-order valence-electron chi connectivity index (χ3n) is 3.10. The molecule has 1 aliphatic rings. The number of rotatable bonds is 3. The van der Waals surface area contributed by atoms with E-state index >= 15 is 0 Å². The summed E-state index contributed by atoms with van der Waals surface area (Å²) in [5.41, 5.74) is 0.629. The van der Waals surface area contributed by atoms with Crippen molar-refractivity contribution in [2.45, 2.75) is 18.9 Å². The third-order valence-corrected chi connectivity index (χ3v) is 3.10. The number of aliphatic carboxylic acids is 1. The van der Waals surface area contributed by atoms with E-state index in [-0.39, 0.29) is 5.92 Å². The Morgan fingerprint density at radius 2 is 2.18 bits per heavy atom. The van der Waals surface area contributed by atoms with Crippen molar-refractivity contribution in [2.75, 3.05) is 6.54 Å². The Kier molecular flexibility index (Phi) is 3.38. The van der Waals surface area contributed by atoms with E-state index in [1.807, 2.05) is 0 Å². The lowest BCUT2D eigenvalue weighted by Gasteiger charge is -2.15. The van der Waals surface area contributed by atoms with Gasteiger partial charge in [0.1, 0.15) is 6.04 Å². The van der Waals surface area contributed by atoms with E-state index in [2.05, 4.69) is 5.32 Å². The molecule has 0 aromatic heterocycles. The highest BCUT2D eigenvalue weighted by Crippen LogP contribution is 2.22. The van der Waals surface area contributed by atoms with Gasteiger partial charge >= 0.3 is 5.97 Å². The van der Waals surface area contributed by atoms with Crippen LogP contribution < -0.4 is 5.32 Å².